The van der Waals surface area contributed by atoms with Crippen LogP contribution in [0.1, 0.15) is 22.7 Å². The summed E-state index contributed by atoms with van der Waals surface area (Å²) in [5.74, 6) is -2.39. The molecule has 190 valence electrons. The Hall–Kier alpha value is -4.49. The number of nitro groups is 1. The number of nitrogens with zero attached hydrogens (tertiary/aromatic N) is 5. The fourth-order valence-electron chi connectivity index (χ4n) is 3.90. The number of benzene rings is 2. The molecule has 13 heteroatoms. The van der Waals surface area contributed by atoms with Crippen LogP contribution < -0.4 is 4.90 Å². The summed E-state index contributed by atoms with van der Waals surface area (Å²) in [4.78, 5) is 42.0. The van der Waals surface area contributed by atoms with Crippen molar-refractivity contribution < 1.29 is 24.0 Å². The first kappa shape index (κ1) is 25.2. The minimum Gasteiger partial charge on any atom is -0.507 e. The van der Waals surface area contributed by atoms with Gasteiger partial charge < -0.3 is 5.11 Å². The highest BCUT2D eigenvalue weighted by Gasteiger charge is 2.48. The van der Waals surface area contributed by atoms with Gasteiger partial charge in [0.05, 0.1) is 16.5 Å². The van der Waals surface area contributed by atoms with Gasteiger partial charge in [0.25, 0.3) is 11.5 Å². The van der Waals surface area contributed by atoms with Crippen LogP contribution in [0.5, 0.6) is 0 Å². The number of thioether (sulfide) groups is 1. The van der Waals surface area contributed by atoms with Crippen molar-refractivity contribution in [2.45, 2.75) is 16.1 Å². The van der Waals surface area contributed by atoms with E-state index in [2.05, 4.69) is 15.2 Å². The van der Waals surface area contributed by atoms with Crippen LogP contribution in [-0.2, 0) is 15.3 Å². The molecular weight excluding hydrogens is 533 g/mol. The molecule has 0 aliphatic carbocycles. The van der Waals surface area contributed by atoms with Gasteiger partial charge in [-0.25, -0.2) is 4.39 Å². The Labute approximate surface area is 222 Å². The maximum atomic E-state index is 14.0. The van der Waals surface area contributed by atoms with Crippen molar-refractivity contribution in [1.29, 1.82) is 0 Å². The Morgan fingerprint density at radius 1 is 1.08 bits per heavy atom. The van der Waals surface area contributed by atoms with E-state index in [1.54, 1.807) is 18.2 Å². The van der Waals surface area contributed by atoms with Gasteiger partial charge in [-0.1, -0.05) is 41.3 Å². The molecule has 4 aromatic rings. The van der Waals surface area contributed by atoms with E-state index in [1.807, 2.05) is 0 Å². The van der Waals surface area contributed by atoms with Crippen molar-refractivity contribution in [2.24, 2.45) is 0 Å². The molecule has 1 atom stereocenters. The van der Waals surface area contributed by atoms with E-state index in [9.17, 15) is 29.2 Å². The number of anilines is 1. The average molecular weight is 550 g/mol. The van der Waals surface area contributed by atoms with E-state index < -0.39 is 28.4 Å². The predicted molar refractivity (Wildman–Crippen MR) is 138 cm³/mol. The molecule has 3 heterocycles. The first-order chi connectivity index (χ1) is 18.3. The van der Waals surface area contributed by atoms with Gasteiger partial charge in [0.1, 0.15) is 11.6 Å². The lowest BCUT2D eigenvalue weighted by Crippen LogP contribution is -2.29. The molecule has 1 saturated heterocycles. The lowest BCUT2D eigenvalue weighted by Gasteiger charge is -2.22. The van der Waals surface area contributed by atoms with Gasteiger partial charge in [-0.15, -0.1) is 10.2 Å². The van der Waals surface area contributed by atoms with Crippen molar-refractivity contribution in [3.8, 4) is 0 Å². The monoisotopic (exact) mass is 549 g/mol. The topological polar surface area (TPSA) is 139 Å². The number of aliphatic hydroxyl groups excluding tert-OH is 1. The van der Waals surface area contributed by atoms with Gasteiger partial charge in [0.15, 0.2) is 4.34 Å². The number of amides is 1. The molecule has 0 spiro atoms. The third-order valence-corrected chi connectivity index (χ3v) is 7.83. The predicted octanol–water partition coefficient (Wildman–Crippen LogP) is 4.90. The standard InChI is InChI=1S/C25H16FN5O5S2/c26-18-4-2-1-3-16(18)13-37-25-29-28-24(38-25)30-20(14-5-7-17(8-6-14)31(35)36)19(22(33)23(30)34)21(32)15-9-11-27-12-10-15/h1-12,20,32H,13H2. The zero-order chi connectivity index (χ0) is 26.8. The Kier molecular flexibility index (Phi) is 6.94. The highest BCUT2D eigenvalue weighted by molar-refractivity contribution is 8.00. The van der Waals surface area contributed by atoms with E-state index in [0.717, 1.165) is 16.2 Å². The fourth-order valence-corrected chi connectivity index (χ4v) is 5.76. The minimum absolute atomic E-state index is 0.0836. The third-order valence-electron chi connectivity index (χ3n) is 5.73. The molecule has 0 bridgehead atoms. The van der Waals surface area contributed by atoms with Gasteiger partial charge in [-0.2, -0.15) is 0 Å². The maximum Gasteiger partial charge on any atom is 0.301 e. The fraction of sp³-hybridized carbons (Fsp3) is 0.0800. The molecule has 1 aliphatic rings. The Balaban J connectivity index is 1.55. The van der Waals surface area contributed by atoms with Crippen molar-refractivity contribution in [2.75, 3.05) is 4.90 Å². The van der Waals surface area contributed by atoms with E-state index in [1.165, 1.54) is 66.6 Å². The second-order valence-corrected chi connectivity index (χ2v) is 10.2. The number of rotatable bonds is 7. The molecule has 1 fully saturated rings. The van der Waals surface area contributed by atoms with Crippen LogP contribution in [0.2, 0.25) is 0 Å². The zero-order valence-electron chi connectivity index (χ0n) is 19.2. The zero-order valence-corrected chi connectivity index (χ0v) is 20.9. The quantitative estimate of drug-likeness (QED) is 0.0648. The van der Waals surface area contributed by atoms with Gasteiger partial charge in [0, 0.05) is 35.8 Å². The van der Waals surface area contributed by atoms with Gasteiger partial charge in [-0.05, 0) is 41.5 Å². The smallest absolute Gasteiger partial charge is 0.301 e. The molecule has 1 unspecified atom stereocenters. The van der Waals surface area contributed by atoms with Crippen LogP contribution in [0.3, 0.4) is 0 Å². The van der Waals surface area contributed by atoms with E-state index in [-0.39, 0.29) is 33.5 Å². The molecule has 0 saturated carbocycles. The summed E-state index contributed by atoms with van der Waals surface area (Å²) in [7, 11) is 0. The molecule has 5 rings (SSSR count). The minimum atomic E-state index is -1.12. The number of aliphatic hydroxyl groups is 1. The molecular formula is C25H16FN5O5S2. The van der Waals surface area contributed by atoms with E-state index in [0.29, 0.717) is 15.5 Å². The number of hydrogen-bond donors (Lipinski definition) is 1. The number of Topliss-reactive ketones (excluding diaryl/α,β-unsaturated/α-hetero) is 1. The number of aromatic nitrogens is 3. The highest BCUT2D eigenvalue weighted by atomic mass is 32.2. The molecule has 2 aromatic carbocycles. The number of non-ortho nitro benzene ring substituents is 1. The first-order valence-corrected chi connectivity index (χ1v) is 12.8. The van der Waals surface area contributed by atoms with Crippen LogP contribution >= 0.6 is 23.1 Å². The number of ketones is 1. The lowest BCUT2D eigenvalue weighted by molar-refractivity contribution is -0.384. The molecule has 1 N–H and O–H groups in total. The van der Waals surface area contributed by atoms with E-state index in [4.69, 9.17) is 0 Å². The maximum absolute atomic E-state index is 14.0. The van der Waals surface area contributed by atoms with Crippen LogP contribution in [0.4, 0.5) is 15.2 Å². The van der Waals surface area contributed by atoms with Crippen LogP contribution in [0.25, 0.3) is 5.76 Å². The summed E-state index contributed by atoms with van der Waals surface area (Å²) < 4.78 is 14.4. The number of carbonyl (C=O) groups is 2. The second kappa shape index (κ2) is 10.5. The Morgan fingerprint density at radius 2 is 1.79 bits per heavy atom. The van der Waals surface area contributed by atoms with Crippen molar-refractivity contribution in [1.82, 2.24) is 15.2 Å². The normalized spacial score (nSPS) is 16.7. The number of pyridine rings is 1. The third kappa shape index (κ3) is 4.76. The van der Waals surface area contributed by atoms with Crippen molar-refractivity contribution in [3.05, 3.63) is 111 Å². The van der Waals surface area contributed by atoms with Gasteiger partial charge in [0.2, 0.25) is 5.13 Å². The molecule has 2 aromatic heterocycles. The van der Waals surface area contributed by atoms with Gasteiger partial charge >= 0.3 is 5.91 Å². The molecule has 10 nitrogen and oxygen atoms in total. The van der Waals surface area contributed by atoms with Gasteiger partial charge in [-0.3, -0.25) is 29.6 Å². The summed E-state index contributed by atoms with van der Waals surface area (Å²) in [5, 5.41) is 30.5. The highest BCUT2D eigenvalue weighted by Crippen LogP contribution is 2.44. The largest absolute Gasteiger partial charge is 0.507 e. The van der Waals surface area contributed by atoms with Crippen molar-refractivity contribution >= 4 is 51.4 Å². The van der Waals surface area contributed by atoms with Crippen LogP contribution in [0, 0.1) is 15.9 Å². The molecule has 1 amide bonds. The average Bonchev–Trinajstić information content (AvgIpc) is 3.50. The number of nitro benzene ring substituents is 1. The van der Waals surface area contributed by atoms with Crippen molar-refractivity contribution in [3.63, 3.8) is 0 Å². The molecule has 0 radical (unpaired) electrons. The van der Waals surface area contributed by atoms with Crippen LogP contribution in [-0.4, -0.2) is 36.9 Å². The number of halogens is 1. The summed E-state index contributed by atoms with van der Waals surface area (Å²) in [6.45, 7) is 0. The number of carbonyl (C=O) groups excluding carboxylic acids is 2. The first-order valence-electron chi connectivity index (χ1n) is 11.0. The van der Waals surface area contributed by atoms with Crippen LogP contribution in [0.15, 0.2) is 83.0 Å². The molecule has 38 heavy (non-hydrogen) atoms. The SMILES string of the molecule is O=C1C(=O)N(c2nnc(SCc3ccccc3F)s2)C(c2ccc([N+](=O)[O-])cc2)C1=C(O)c1ccncc1. The summed E-state index contributed by atoms with van der Waals surface area (Å²) >= 11 is 2.24. The summed E-state index contributed by atoms with van der Waals surface area (Å²) in [6.07, 6.45) is 2.85. The second-order valence-electron chi connectivity index (χ2n) is 7.98. The Morgan fingerprint density at radius 3 is 2.47 bits per heavy atom. The summed E-state index contributed by atoms with van der Waals surface area (Å²) in [6, 6.07) is 13.5. The van der Waals surface area contributed by atoms with E-state index >= 15 is 0 Å². The summed E-state index contributed by atoms with van der Waals surface area (Å²) in [5.41, 5.74) is 0.704. The lowest BCUT2D eigenvalue weighted by atomic mass is 9.95. The Bertz CT molecular complexity index is 1580. The molecule has 1 aliphatic heterocycles. The number of hydrogen-bond acceptors (Lipinski definition) is 10.